The van der Waals surface area contributed by atoms with Gasteiger partial charge >= 0.3 is 5.97 Å². The summed E-state index contributed by atoms with van der Waals surface area (Å²) in [5.41, 5.74) is 0.761. The van der Waals surface area contributed by atoms with Gasteiger partial charge in [0.15, 0.2) is 0 Å². The SMILES string of the molecule is COc1cccc(COc2cc(Br)ccc2C(=O)O)n1. The lowest BCUT2D eigenvalue weighted by Gasteiger charge is -2.09. The molecule has 1 aromatic carbocycles. The van der Waals surface area contributed by atoms with Gasteiger partial charge in [0.2, 0.25) is 5.88 Å². The third kappa shape index (κ3) is 3.48. The van der Waals surface area contributed by atoms with Crippen molar-refractivity contribution in [1.82, 2.24) is 4.98 Å². The zero-order valence-electron chi connectivity index (χ0n) is 10.7. The molecular formula is C14H12BrNO4. The van der Waals surface area contributed by atoms with Gasteiger partial charge in [-0.1, -0.05) is 22.0 Å². The first-order valence-corrected chi connectivity index (χ1v) is 6.55. The van der Waals surface area contributed by atoms with Crippen LogP contribution in [-0.2, 0) is 6.61 Å². The number of aromatic nitrogens is 1. The standard InChI is InChI=1S/C14H12BrNO4/c1-19-13-4-2-3-10(16-13)8-20-12-7-9(15)5-6-11(12)14(17)18/h2-7H,8H2,1H3,(H,17,18). The summed E-state index contributed by atoms with van der Waals surface area (Å²) in [7, 11) is 1.53. The molecule has 0 aliphatic heterocycles. The number of hydrogen-bond donors (Lipinski definition) is 1. The number of pyridine rings is 1. The van der Waals surface area contributed by atoms with Crippen LogP contribution in [0.5, 0.6) is 11.6 Å². The molecule has 0 saturated heterocycles. The molecule has 20 heavy (non-hydrogen) atoms. The predicted octanol–water partition coefficient (Wildman–Crippen LogP) is 3.13. The Hall–Kier alpha value is -2.08. The molecule has 2 aromatic rings. The maximum atomic E-state index is 11.1. The molecular weight excluding hydrogens is 326 g/mol. The van der Waals surface area contributed by atoms with E-state index in [9.17, 15) is 4.79 Å². The molecule has 0 spiro atoms. The van der Waals surface area contributed by atoms with Crippen LogP contribution >= 0.6 is 15.9 Å². The van der Waals surface area contributed by atoms with E-state index in [-0.39, 0.29) is 17.9 Å². The molecule has 0 amide bonds. The van der Waals surface area contributed by atoms with E-state index in [1.54, 1.807) is 30.3 Å². The summed E-state index contributed by atoms with van der Waals surface area (Å²) in [6.45, 7) is 0.161. The van der Waals surface area contributed by atoms with Crippen molar-refractivity contribution in [3.05, 3.63) is 52.1 Å². The van der Waals surface area contributed by atoms with Crippen LogP contribution in [0.25, 0.3) is 0 Å². The molecule has 0 aliphatic carbocycles. The number of nitrogens with zero attached hydrogens (tertiary/aromatic N) is 1. The fourth-order valence-electron chi connectivity index (χ4n) is 1.60. The van der Waals surface area contributed by atoms with Crippen LogP contribution in [0.2, 0.25) is 0 Å². The average Bonchev–Trinajstić information content (AvgIpc) is 2.45. The second kappa shape index (κ2) is 6.38. The highest BCUT2D eigenvalue weighted by atomic mass is 79.9. The van der Waals surface area contributed by atoms with Gasteiger partial charge in [-0.15, -0.1) is 0 Å². The van der Waals surface area contributed by atoms with E-state index in [2.05, 4.69) is 20.9 Å². The number of benzene rings is 1. The minimum Gasteiger partial charge on any atom is -0.486 e. The van der Waals surface area contributed by atoms with Crippen LogP contribution in [0, 0.1) is 0 Å². The normalized spacial score (nSPS) is 10.1. The molecule has 6 heteroatoms. The average molecular weight is 338 g/mol. The van der Waals surface area contributed by atoms with E-state index >= 15 is 0 Å². The number of methoxy groups -OCH3 is 1. The first kappa shape index (κ1) is 14.3. The Labute approximate surface area is 124 Å². The molecule has 5 nitrogen and oxygen atoms in total. The summed E-state index contributed by atoms with van der Waals surface area (Å²) < 4.78 is 11.3. The third-order valence-corrected chi connectivity index (χ3v) is 3.03. The Morgan fingerprint density at radius 3 is 2.85 bits per heavy atom. The van der Waals surface area contributed by atoms with Crippen molar-refractivity contribution in [1.29, 1.82) is 0 Å². The second-order valence-electron chi connectivity index (χ2n) is 3.91. The fraction of sp³-hybridized carbons (Fsp3) is 0.143. The lowest BCUT2D eigenvalue weighted by Crippen LogP contribution is -2.04. The summed E-state index contributed by atoms with van der Waals surface area (Å²) in [6.07, 6.45) is 0. The monoisotopic (exact) mass is 337 g/mol. The van der Waals surface area contributed by atoms with Crippen molar-refractivity contribution in [3.8, 4) is 11.6 Å². The number of carbonyl (C=O) groups is 1. The van der Waals surface area contributed by atoms with Crippen LogP contribution in [0.15, 0.2) is 40.9 Å². The van der Waals surface area contributed by atoms with Crippen LogP contribution in [0.3, 0.4) is 0 Å². The Kier molecular flexibility index (Phi) is 4.57. The third-order valence-electron chi connectivity index (χ3n) is 2.54. The van der Waals surface area contributed by atoms with Gasteiger partial charge in [-0.25, -0.2) is 9.78 Å². The lowest BCUT2D eigenvalue weighted by molar-refractivity contribution is 0.0691. The van der Waals surface area contributed by atoms with Gasteiger partial charge in [0.25, 0.3) is 0 Å². The molecule has 0 radical (unpaired) electrons. The molecule has 2 rings (SSSR count). The zero-order valence-corrected chi connectivity index (χ0v) is 12.3. The van der Waals surface area contributed by atoms with Crippen LogP contribution in [0.4, 0.5) is 0 Å². The van der Waals surface area contributed by atoms with Crippen LogP contribution in [0.1, 0.15) is 16.1 Å². The van der Waals surface area contributed by atoms with Crippen molar-refractivity contribution in [3.63, 3.8) is 0 Å². The van der Waals surface area contributed by atoms with Crippen molar-refractivity contribution in [2.75, 3.05) is 7.11 Å². The number of ether oxygens (including phenoxy) is 2. The molecule has 1 aromatic heterocycles. The van der Waals surface area contributed by atoms with Crippen molar-refractivity contribution in [2.45, 2.75) is 6.61 Å². The molecule has 1 N–H and O–H groups in total. The van der Waals surface area contributed by atoms with Gasteiger partial charge in [-0.05, 0) is 24.3 Å². The highest BCUT2D eigenvalue weighted by Gasteiger charge is 2.12. The maximum Gasteiger partial charge on any atom is 0.339 e. The first-order valence-electron chi connectivity index (χ1n) is 5.75. The van der Waals surface area contributed by atoms with Crippen LogP contribution in [-0.4, -0.2) is 23.2 Å². The van der Waals surface area contributed by atoms with E-state index in [1.165, 1.54) is 13.2 Å². The molecule has 0 atom stereocenters. The van der Waals surface area contributed by atoms with Gasteiger partial charge in [0.1, 0.15) is 17.9 Å². The Morgan fingerprint density at radius 2 is 2.15 bits per heavy atom. The molecule has 0 unspecified atom stereocenters. The van der Waals surface area contributed by atoms with Gasteiger partial charge in [-0.3, -0.25) is 0 Å². The van der Waals surface area contributed by atoms with Crippen molar-refractivity contribution in [2.24, 2.45) is 0 Å². The van der Waals surface area contributed by atoms with Crippen molar-refractivity contribution >= 4 is 21.9 Å². The minimum atomic E-state index is -1.04. The molecule has 0 fully saturated rings. The van der Waals surface area contributed by atoms with E-state index in [0.29, 0.717) is 11.6 Å². The molecule has 0 aliphatic rings. The van der Waals surface area contributed by atoms with E-state index in [4.69, 9.17) is 14.6 Å². The smallest absolute Gasteiger partial charge is 0.339 e. The molecule has 0 bridgehead atoms. The summed E-state index contributed by atoms with van der Waals surface area (Å²) in [5.74, 6) is -0.263. The zero-order chi connectivity index (χ0) is 14.5. The van der Waals surface area contributed by atoms with Crippen molar-refractivity contribution < 1.29 is 19.4 Å². The topological polar surface area (TPSA) is 68.7 Å². The number of hydrogen-bond acceptors (Lipinski definition) is 4. The number of carboxylic acid groups (broad SMARTS) is 1. The second-order valence-corrected chi connectivity index (χ2v) is 4.82. The van der Waals surface area contributed by atoms with Gasteiger partial charge in [0.05, 0.1) is 12.8 Å². The predicted molar refractivity (Wildman–Crippen MR) is 76.2 cm³/mol. The largest absolute Gasteiger partial charge is 0.486 e. The number of carboxylic acids is 1. The van der Waals surface area contributed by atoms with E-state index in [1.807, 2.05) is 0 Å². The maximum absolute atomic E-state index is 11.1. The summed E-state index contributed by atoms with van der Waals surface area (Å²) in [6, 6.07) is 10.1. The fourth-order valence-corrected chi connectivity index (χ4v) is 1.94. The van der Waals surface area contributed by atoms with E-state index in [0.717, 1.165) is 4.47 Å². The molecule has 0 saturated carbocycles. The Bertz CT molecular complexity index is 630. The quantitative estimate of drug-likeness (QED) is 0.907. The lowest BCUT2D eigenvalue weighted by atomic mass is 10.2. The molecule has 1 heterocycles. The summed E-state index contributed by atoms with van der Waals surface area (Å²) >= 11 is 3.29. The first-order chi connectivity index (χ1) is 9.60. The Morgan fingerprint density at radius 1 is 1.35 bits per heavy atom. The number of halogens is 1. The van der Waals surface area contributed by atoms with Gasteiger partial charge in [0, 0.05) is 10.5 Å². The van der Waals surface area contributed by atoms with E-state index < -0.39 is 5.97 Å². The minimum absolute atomic E-state index is 0.107. The van der Waals surface area contributed by atoms with Gasteiger partial charge in [-0.2, -0.15) is 0 Å². The number of aromatic carboxylic acids is 1. The summed E-state index contributed by atoms with van der Waals surface area (Å²) in [4.78, 5) is 15.3. The van der Waals surface area contributed by atoms with Crippen LogP contribution < -0.4 is 9.47 Å². The summed E-state index contributed by atoms with van der Waals surface area (Å²) in [5, 5.41) is 9.10. The highest BCUT2D eigenvalue weighted by molar-refractivity contribution is 9.10. The highest BCUT2D eigenvalue weighted by Crippen LogP contribution is 2.24. The van der Waals surface area contributed by atoms with Gasteiger partial charge < -0.3 is 14.6 Å². The number of rotatable bonds is 5. The molecule has 104 valence electrons. The Balaban J connectivity index is 2.17.